The number of hydrogen-bond donors (Lipinski definition) is 1. The normalized spacial score (nSPS) is 22.0. The first kappa shape index (κ1) is 15.2. The Morgan fingerprint density at radius 1 is 1.38 bits per heavy atom. The number of rotatable bonds is 3. The summed E-state index contributed by atoms with van der Waals surface area (Å²) < 4.78 is 4.94. The van der Waals surface area contributed by atoms with Crippen LogP contribution in [0.4, 0.5) is 5.69 Å². The number of carbonyl (C=O) groups is 1. The van der Waals surface area contributed by atoms with Gasteiger partial charge in [-0.2, -0.15) is 0 Å². The minimum absolute atomic E-state index is 0.151. The Kier molecular flexibility index (Phi) is 4.42. The zero-order valence-electron chi connectivity index (χ0n) is 12.3. The fraction of sp³-hybridized carbons (Fsp3) is 0.500. The van der Waals surface area contributed by atoms with Crippen LogP contribution in [0.1, 0.15) is 24.2 Å². The van der Waals surface area contributed by atoms with Crippen molar-refractivity contribution in [1.29, 1.82) is 0 Å². The smallest absolute Gasteiger partial charge is 0.311 e. The van der Waals surface area contributed by atoms with Crippen molar-refractivity contribution < 1.29 is 14.5 Å². The highest BCUT2D eigenvalue weighted by Gasteiger charge is 2.27. The Morgan fingerprint density at radius 3 is 2.52 bits per heavy atom. The molecule has 21 heavy (non-hydrogen) atoms. The van der Waals surface area contributed by atoms with E-state index in [1.54, 1.807) is 11.0 Å². The third kappa shape index (κ3) is 3.30. The van der Waals surface area contributed by atoms with Crippen LogP contribution in [-0.4, -0.2) is 48.0 Å². The topological polar surface area (TPSA) is 84.7 Å². The molecule has 7 heteroatoms. The lowest BCUT2D eigenvalue weighted by molar-refractivity contribution is -0.385. The van der Waals surface area contributed by atoms with E-state index in [-0.39, 0.29) is 29.4 Å². The molecule has 1 heterocycles. The molecule has 0 spiro atoms. The maximum Gasteiger partial charge on any atom is 0.311 e. The summed E-state index contributed by atoms with van der Waals surface area (Å²) in [5, 5.41) is 14.4. The number of carbonyl (C=O) groups excluding carboxylic acids is 1. The summed E-state index contributed by atoms with van der Waals surface area (Å²) in [5.41, 5.74) is 0.114. The molecule has 0 bridgehead atoms. The first-order valence-electron chi connectivity index (χ1n) is 6.80. The Bertz CT molecular complexity index is 551. The van der Waals surface area contributed by atoms with Gasteiger partial charge in [0.25, 0.3) is 5.91 Å². The van der Waals surface area contributed by atoms with Gasteiger partial charge >= 0.3 is 5.69 Å². The molecule has 1 fully saturated rings. The zero-order valence-corrected chi connectivity index (χ0v) is 12.3. The largest absolute Gasteiger partial charge is 0.490 e. The van der Waals surface area contributed by atoms with Crippen LogP contribution in [0, 0.1) is 10.1 Å². The first-order valence-corrected chi connectivity index (χ1v) is 6.80. The van der Waals surface area contributed by atoms with Gasteiger partial charge in [-0.15, -0.1) is 0 Å². The maximum atomic E-state index is 12.5. The highest BCUT2D eigenvalue weighted by atomic mass is 16.6. The number of amides is 1. The molecule has 2 unspecified atom stereocenters. The lowest BCUT2D eigenvalue weighted by Crippen LogP contribution is -2.55. The minimum Gasteiger partial charge on any atom is -0.490 e. The lowest BCUT2D eigenvalue weighted by Gasteiger charge is -2.36. The van der Waals surface area contributed by atoms with Gasteiger partial charge in [-0.05, 0) is 26.0 Å². The van der Waals surface area contributed by atoms with Crippen LogP contribution >= 0.6 is 0 Å². The molecule has 1 amide bonds. The van der Waals surface area contributed by atoms with Crippen molar-refractivity contribution >= 4 is 11.6 Å². The summed E-state index contributed by atoms with van der Waals surface area (Å²) >= 11 is 0. The van der Waals surface area contributed by atoms with Gasteiger partial charge in [0.15, 0.2) is 5.75 Å². The first-order chi connectivity index (χ1) is 9.92. The molecule has 1 aliphatic heterocycles. The van der Waals surface area contributed by atoms with E-state index in [9.17, 15) is 14.9 Å². The van der Waals surface area contributed by atoms with Crippen molar-refractivity contribution in [2.24, 2.45) is 0 Å². The number of nitrogens with zero attached hydrogens (tertiary/aromatic N) is 2. The number of methoxy groups -OCH3 is 1. The number of hydrogen-bond acceptors (Lipinski definition) is 5. The predicted molar refractivity (Wildman–Crippen MR) is 77.6 cm³/mol. The molecular weight excluding hydrogens is 274 g/mol. The summed E-state index contributed by atoms with van der Waals surface area (Å²) in [5.74, 6) is -0.0421. The van der Waals surface area contributed by atoms with Gasteiger partial charge < -0.3 is 15.0 Å². The van der Waals surface area contributed by atoms with E-state index in [1.165, 1.54) is 19.2 Å². The zero-order chi connectivity index (χ0) is 15.6. The molecule has 7 nitrogen and oxygen atoms in total. The molecule has 1 aliphatic rings. The van der Waals surface area contributed by atoms with E-state index in [0.717, 1.165) is 0 Å². The number of benzene rings is 1. The monoisotopic (exact) mass is 293 g/mol. The van der Waals surface area contributed by atoms with Gasteiger partial charge in [0.2, 0.25) is 0 Å². The van der Waals surface area contributed by atoms with Gasteiger partial charge in [-0.3, -0.25) is 14.9 Å². The molecule has 1 aromatic rings. The van der Waals surface area contributed by atoms with E-state index in [2.05, 4.69) is 5.32 Å². The molecular formula is C14H19N3O4. The van der Waals surface area contributed by atoms with Gasteiger partial charge in [0.1, 0.15) is 0 Å². The highest BCUT2D eigenvalue weighted by Crippen LogP contribution is 2.28. The van der Waals surface area contributed by atoms with E-state index in [0.29, 0.717) is 18.7 Å². The molecule has 1 N–H and O–H groups in total. The SMILES string of the molecule is COc1ccc(C(=O)N2CC(C)NC(C)C2)cc1[N+](=O)[O-]. The number of nitro groups is 1. The van der Waals surface area contributed by atoms with Gasteiger partial charge in [0, 0.05) is 36.8 Å². The average molecular weight is 293 g/mol. The number of nitro benzene ring substituents is 1. The van der Waals surface area contributed by atoms with Gasteiger partial charge in [0.05, 0.1) is 12.0 Å². The van der Waals surface area contributed by atoms with Gasteiger partial charge in [-0.25, -0.2) is 0 Å². The number of ether oxygens (including phenoxy) is 1. The summed E-state index contributed by atoms with van der Waals surface area (Å²) in [4.78, 5) is 24.7. The standard InChI is InChI=1S/C14H19N3O4/c1-9-7-16(8-10(2)15-9)14(18)11-4-5-13(21-3)12(6-11)17(19)20/h4-6,9-10,15H,7-8H2,1-3H3. The average Bonchev–Trinajstić information content (AvgIpc) is 2.44. The summed E-state index contributed by atoms with van der Waals surface area (Å²) in [7, 11) is 1.36. The molecule has 0 saturated carbocycles. The van der Waals surface area contributed by atoms with Crippen LogP contribution in [0.2, 0.25) is 0 Å². The van der Waals surface area contributed by atoms with Crippen molar-refractivity contribution in [2.45, 2.75) is 25.9 Å². The Morgan fingerprint density at radius 2 is 2.00 bits per heavy atom. The molecule has 1 saturated heterocycles. The van der Waals surface area contributed by atoms with Crippen LogP contribution in [-0.2, 0) is 0 Å². The fourth-order valence-electron chi connectivity index (χ4n) is 2.64. The summed E-state index contributed by atoms with van der Waals surface area (Å²) in [6, 6.07) is 4.70. The number of nitrogens with one attached hydrogen (secondary N) is 1. The van der Waals surface area contributed by atoms with E-state index in [1.807, 2.05) is 13.8 Å². The lowest BCUT2D eigenvalue weighted by atomic mass is 10.1. The van der Waals surface area contributed by atoms with Crippen LogP contribution in [0.5, 0.6) is 5.75 Å². The summed E-state index contributed by atoms with van der Waals surface area (Å²) in [6.07, 6.45) is 0. The summed E-state index contributed by atoms with van der Waals surface area (Å²) in [6.45, 7) is 5.19. The second-order valence-electron chi connectivity index (χ2n) is 5.32. The van der Waals surface area contributed by atoms with E-state index in [4.69, 9.17) is 4.74 Å². The van der Waals surface area contributed by atoms with Crippen LogP contribution in [0.15, 0.2) is 18.2 Å². The third-order valence-electron chi connectivity index (χ3n) is 3.47. The molecule has 0 radical (unpaired) electrons. The predicted octanol–water partition coefficient (Wildman–Crippen LogP) is 1.43. The molecule has 0 aromatic heterocycles. The molecule has 0 aliphatic carbocycles. The third-order valence-corrected chi connectivity index (χ3v) is 3.47. The second-order valence-corrected chi connectivity index (χ2v) is 5.32. The second kappa shape index (κ2) is 6.09. The molecule has 2 atom stereocenters. The van der Waals surface area contributed by atoms with Crippen molar-refractivity contribution in [1.82, 2.24) is 10.2 Å². The van der Waals surface area contributed by atoms with Crippen molar-refractivity contribution in [3.63, 3.8) is 0 Å². The number of piperazine rings is 1. The van der Waals surface area contributed by atoms with Crippen molar-refractivity contribution in [3.8, 4) is 5.75 Å². The van der Waals surface area contributed by atoms with E-state index < -0.39 is 4.92 Å². The minimum atomic E-state index is -0.543. The maximum absolute atomic E-state index is 12.5. The van der Waals surface area contributed by atoms with Crippen LogP contribution < -0.4 is 10.1 Å². The van der Waals surface area contributed by atoms with Crippen molar-refractivity contribution in [3.05, 3.63) is 33.9 Å². The van der Waals surface area contributed by atoms with Crippen LogP contribution in [0.25, 0.3) is 0 Å². The molecule has 114 valence electrons. The fourth-order valence-corrected chi connectivity index (χ4v) is 2.64. The highest BCUT2D eigenvalue weighted by molar-refractivity contribution is 5.95. The Balaban J connectivity index is 2.27. The Labute approximate surface area is 123 Å². The van der Waals surface area contributed by atoms with Crippen LogP contribution in [0.3, 0.4) is 0 Å². The molecule has 2 rings (SSSR count). The van der Waals surface area contributed by atoms with E-state index >= 15 is 0 Å². The van der Waals surface area contributed by atoms with Crippen molar-refractivity contribution in [2.75, 3.05) is 20.2 Å². The van der Waals surface area contributed by atoms with Gasteiger partial charge in [-0.1, -0.05) is 0 Å². The quantitative estimate of drug-likeness (QED) is 0.673. The Hall–Kier alpha value is -2.15. The molecule has 1 aromatic carbocycles.